The Hall–Kier alpha value is -2.89. The van der Waals surface area contributed by atoms with Crippen molar-refractivity contribution < 1.29 is 23.7 Å². The van der Waals surface area contributed by atoms with Crippen molar-refractivity contribution in [3.63, 3.8) is 0 Å². The number of nitrogens with zero attached hydrogens (tertiary/aromatic N) is 1. The molecule has 6 nitrogen and oxygen atoms in total. The van der Waals surface area contributed by atoms with Gasteiger partial charge in [-0.15, -0.1) is 0 Å². The van der Waals surface area contributed by atoms with E-state index in [1.54, 1.807) is 40.6 Å². The molecule has 3 rings (SSSR count). The predicted octanol–water partition coefficient (Wildman–Crippen LogP) is 4.16. The number of ether oxygens (including phenoxy) is 4. The molecule has 0 heterocycles. The topological polar surface area (TPSA) is 57.2 Å². The van der Waals surface area contributed by atoms with Gasteiger partial charge in [0.05, 0.1) is 28.4 Å². The fourth-order valence-corrected chi connectivity index (χ4v) is 3.53. The SMILES string of the molecule is COc1ccc(CN(C(=O)c2cc(OC)c(OC)c(OC)c2)[C@@H](C)C2CC2)cc1. The average Bonchev–Trinajstić information content (AvgIpc) is 3.61. The lowest BCUT2D eigenvalue weighted by Gasteiger charge is -2.30. The molecule has 156 valence electrons. The molecule has 0 aliphatic heterocycles. The first-order valence-electron chi connectivity index (χ1n) is 9.76. The zero-order chi connectivity index (χ0) is 21.0. The van der Waals surface area contributed by atoms with E-state index in [1.165, 1.54) is 0 Å². The molecule has 2 aromatic rings. The maximum atomic E-state index is 13.5. The van der Waals surface area contributed by atoms with Crippen LogP contribution in [0.25, 0.3) is 0 Å². The second-order valence-corrected chi connectivity index (χ2v) is 7.27. The Labute approximate surface area is 172 Å². The fourth-order valence-electron chi connectivity index (χ4n) is 3.53. The van der Waals surface area contributed by atoms with Crippen molar-refractivity contribution in [2.24, 2.45) is 5.92 Å². The Morgan fingerprint density at radius 1 is 0.966 bits per heavy atom. The van der Waals surface area contributed by atoms with Gasteiger partial charge >= 0.3 is 0 Å². The Kier molecular flexibility index (Phi) is 6.52. The number of amides is 1. The maximum Gasteiger partial charge on any atom is 0.254 e. The summed E-state index contributed by atoms with van der Waals surface area (Å²) in [6.45, 7) is 2.65. The minimum atomic E-state index is -0.0560. The van der Waals surface area contributed by atoms with Crippen molar-refractivity contribution in [1.82, 2.24) is 4.90 Å². The molecule has 1 atom stereocenters. The summed E-state index contributed by atoms with van der Waals surface area (Å²) in [5.74, 6) is 2.70. The van der Waals surface area contributed by atoms with Crippen LogP contribution in [0.15, 0.2) is 36.4 Å². The van der Waals surface area contributed by atoms with E-state index in [0.717, 1.165) is 24.2 Å². The smallest absolute Gasteiger partial charge is 0.254 e. The summed E-state index contributed by atoms with van der Waals surface area (Å²) in [7, 11) is 6.29. The molecule has 1 fully saturated rings. The van der Waals surface area contributed by atoms with Crippen LogP contribution >= 0.6 is 0 Å². The summed E-state index contributed by atoms with van der Waals surface area (Å²) in [6, 6.07) is 11.4. The molecular formula is C23H29NO5. The van der Waals surface area contributed by atoms with Gasteiger partial charge in [0.15, 0.2) is 11.5 Å². The molecule has 6 heteroatoms. The van der Waals surface area contributed by atoms with Crippen LogP contribution in [-0.4, -0.2) is 45.3 Å². The van der Waals surface area contributed by atoms with Gasteiger partial charge < -0.3 is 23.8 Å². The molecule has 1 amide bonds. The summed E-state index contributed by atoms with van der Waals surface area (Å²) < 4.78 is 21.5. The summed E-state index contributed by atoms with van der Waals surface area (Å²) in [5.41, 5.74) is 1.57. The summed E-state index contributed by atoms with van der Waals surface area (Å²) in [5, 5.41) is 0. The highest BCUT2D eigenvalue weighted by Gasteiger charge is 2.35. The largest absolute Gasteiger partial charge is 0.497 e. The average molecular weight is 399 g/mol. The molecular weight excluding hydrogens is 370 g/mol. The fraction of sp³-hybridized carbons (Fsp3) is 0.435. The van der Waals surface area contributed by atoms with Crippen LogP contribution in [0.1, 0.15) is 35.7 Å². The molecule has 29 heavy (non-hydrogen) atoms. The third-order valence-corrected chi connectivity index (χ3v) is 5.48. The van der Waals surface area contributed by atoms with Gasteiger partial charge in [0.2, 0.25) is 5.75 Å². The third kappa shape index (κ3) is 4.58. The van der Waals surface area contributed by atoms with Gasteiger partial charge in [-0.05, 0) is 55.5 Å². The molecule has 0 spiro atoms. The van der Waals surface area contributed by atoms with Gasteiger partial charge in [-0.3, -0.25) is 4.79 Å². The van der Waals surface area contributed by atoms with Crippen molar-refractivity contribution in [1.29, 1.82) is 0 Å². The molecule has 0 radical (unpaired) electrons. The van der Waals surface area contributed by atoms with Crippen molar-refractivity contribution in [2.75, 3.05) is 28.4 Å². The van der Waals surface area contributed by atoms with E-state index < -0.39 is 0 Å². The molecule has 1 saturated carbocycles. The standard InChI is InChI=1S/C23H29NO5/c1-15(17-8-9-17)24(14-16-6-10-19(26-2)11-7-16)23(25)18-12-20(27-3)22(29-5)21(13-18)28-4/h6-7,10-13,15,17H,8-9,14H2,1-5H3/t15-/m0/s1. The van der Waals surface area contributed by atoms with E-state index in [-0.39, 0.29) is 11.9 Å². The van der Waals surface area contributed by atoms with Crippen molar-refractivity contribution >= 4 is 5.91 Å². The first-order valence-corrected chi connectivity index (χ1v) is 9.76. The lowest BCUT2D eigenvalue weighted by atomic mass is 10.1. The summed E-state index contributed by atoms with van der Waals surface area (Å²) >= 11 is 0. The highest BCUT2D eigenvalue weighted by atomic mass is 16.5. The van der Waals surface area contributed by atoms with Crippen molar-refractivity contribution in [3.05, 3.63) is 47.5 Å². The number of rotatable bonds is 9. The van der Waals surface area contributed by atoms with Crippen molar-refractivity contribution in [3.8, 4) is 23.0 Å². The van der Waals surface area contributed by atoms with Crippen LogP contribution in [0.4, 0.5) is 0 Å². The first-order chi connectivity index (χ1) is 14.0. The third-order valence-electron chi connectivity index (χ3n) is 5.48. The lowest BCUT2D eigenvalue weighted by molar-refractivity contribution is 0.0653. The van der Waals surface area contributed by atoms with Crippen molar-refractivity contribution in [2.45, 2.75) is 32.4 Å². The Morgan fingerprint density at radius 2 is 1.55 bits per heavy atom. The highest BCUT2D eigenvalue weighted by Crippen LogP contribution is 2.40. The molecule has 0 unspecified atom stereocenters. The predicted molar refractivity (Wildman–Crippen MR) is 111 cm³/mol. The molecule has 0 saturated heterocycles. The molecule has 0 aromatic heterocycles. The van der Waals surface area contributed by atoms with Gasteiger partial charge in [-0.2, -0.15) is 0 Å². The maximum absolute atomic E-state index is 13.5. The zero-order valence-electron chi connectivity index (χ0n) is 17.7. The van der Waals surface area contributed by atoms with Crippen LogP contribution in [0.5, 0.6) is 23.0 Å². The minimum Gasteiger partial charge on any atom is -0.497 e. The van der Waals surface area contributed by atoms with Gasteiger partial charge in [0.25, 0.3) is 5.91 Å². The number of benzene rings is 2. The van der Waals surface area contributed by atoms with Gasteiger partial charge in [0.1, 0.15) is 5.75 Å². The number of carbonyl (C=O) groups is 1. The normalized spacial score (nSPS) is 14.1. The number of carbonyl (C=O) groups excluding carboxylic acids is 1. The van der Waals surface area contributed by atoms with E-state index in [0.29, 0.717) is 35.3 Å². The summed E-state index contributed by atoms with van der Waals surface area (Å²) in [6.07, 6.45) is 2.31. The van der Waals surface area contributed by atoms with Crippen LogP contribution < -0.4 is 18.9 Å². The molecule has 1 aliphatic rings. The molecule has 0 N–H and O–H groups in total. The Balaban J connectivity index is 1.93. The summed E-state index contributed by atoms with van der Waals surface area (Å²) in [4.78, 5) is 15.5. The van der Waals surface area contributed by atoms with Gasteiger partial charge in [0, 0.05) is 18.2 Å². The highest BCUT2D eigenvalue weighted by molar-refractivity contribution is 5.96. The van der Waals surface area contributed by atoms with E-state index >= 15 is 0 Å². The van der Waals surface area contributed by atoms with Gasteiger partial charge in [-0.25, -0.2) is 0 Å². The van der Waals surface area contributed by atoms with Crippen LogP contribution in [0, 0.1) is 5.92 Å². The second kappa shape index (κ2) is 9.07. The second-order valence-electron chi connectivity index (χ2n) is 7.27. The van der Waals surface area contributed by atoms with Crippen LogP contribution in [0.2, 0.25) is 0 Å². The molecule has 1 aliphatic carbocycles. The quantitative estimate of drug-likeness (QED) is 0.634. The number of hydrogen-bond donors (Lipinski definition) is 0. The number of hydrogen-bond acceptors (Lipinski definition) is 5. The Bertz CT molecular complexity index is 820. The van der Waals surface area contributed by atoms with E-state index in [2.05, 4.69) is 6.92 Å². The molecule has 2 aromatic carbocycles. The lowest BCUT2D eigenvalue weighted by Crippen LogP contribution is -2.39. The minimum absolute atomic E-state index is 0.0560. The zero-order valence-corrected chi connectivity index (χ0v) is 17.7. The number of methoxy groups -OCH3 is 4. The van der Waals surface area contributed by atoms with Gasteiger partial charge in [-0.1, -0.05) is 12.1 Å². The molecule has 0 bridgehead atoms. The van der Waals surface area contributed by atoms with Crippen LogP contribution in [-0.2, 0) is 6.54 Å². The van der Waals surface area contributed by atoms with Crippen LogP contribution in [0.3, 0.4) is 0 Å². The van der Waals surface area contributed by atoms with E-state index in [9.17, 15) is 4.79 Å². The van der Waals surface area contributed by atoms with E-state index in [4.69, 9.17) is 18.9 Å². The Morgan fingerprint density at radius 3 is 2.00 bits per heavy atom. The van der Waals surface area contributed by atoms with E-state index in [1.807, 2.05) is 29.2 Å². The monoisotopic (exact) mass is 399 g/mol. The first kappa shape index (κ1) is 20.8.